The molecule has 0 aromatic heterocycles. The number of hydrogen-bond donors (Lipinski definition) is 0. The zero-order valence-electron chi connectivity index (χ0n) is 40.7. The summed E-state index contributed by atoms with van der Waals surface area (Å²) in [6, 6.07) is 0. The molecule has 0 saturated heterocycles. The summed E-state index contributed by atoms with van der Waals surface area (Å²) in [5, 5.41) is 0. The summed E-state index contributed by atoms with van der Waals surface area (Å²) in [6.07, 6.45) is -28.1. The van der Waals surface area contributed by atoms with Gasteiger partial charge in [0.25, 0.3) is 0 Å². The van der Waals surface area contributed by atoms with Crippen LogP contribution in [0.5, 0.6) is 0 Å². The van der Waals surface area contributed by atoms with Crippen molar-refractivity contribution in [1.29, 1.82) is 0 Å². The van der Waals surface area contributed by atoms with Crippen molar-refractivity contribution in [3.05, 3.63) is 25.7 Å². The van der Waals surface area contributed by atoms with Crippen molar-refractivity contribution < 1.29 is 201 Å². The van der Waals surface area contributed by atoms with Crippen molar-refractivity contribution in [3.8, 4) is 0 Å². The summed E-state index contributed by atoms with van der Waals surface area (Å²) in [5.74, 6) is -67.0. The summed E-state index contributed by atoms with van der Waals surface area (Å²) in [7, 11) is 0. The standard InChI is InChI=1S/4C10H10F7O2.Th/c4*1-7(2,3)5(18)4-6(19)8(11,12)9(13,14)10(15,16)17;/h4*4H,1-3H3;/q4*-1;+4. The third-order valence-corrected chi connectivity index (χ3v) is 8.24. The molecule has 0 radical (unpaired) electrons. The summed E-state index contributed by atoms with van der Waals surface area (Å²) in [4.78, 5) is 87.9. The first-order valence-electron chi connectivity index (χ1n) is 19.2. The molecular formula is C40H40F28O8Th. The number of rotatable bonds is 16. The Morgan fingerprint density at radius 2 is 0.299 bits per heavy atom. The van der Waals surface area contributed by atoms with E-state index in [1.165, 1.54) is 83.1 Å². The monoisotopic (exact) mass is 1410 g/mol. The number of carbonyl (C=O) groups excluding carboxylic acids is 8. The second-order valence-corrected chi connectivity index (χ2v) is 19.1. The zero-order valence-corrected chi connectivity index (χ0v) is 44.8. The van der Waals surface area contributed by atoms with Crippen LogP contribution in [0.4, 0.5) is 123 Å². The van der Waals surface area contributed by atoms with Gasteiger partial charge >= 0.3 is 112 Å². The number of carbonyl (C=O) groups is 8. The summed E-state index contributed by atoms with van der Waals surface area (Å²) in [5.41, 5.74) is -5.45. The molecule has 0 aliphatic carbocycles. The van der Waals surface area contributed by atoms with Gasteiger partial charge in [0.1, 0.15) is 0 Å². The molecule has 37 heteroatoms. The smallest absolute Gasteiger partial charge is 0.333 e. The molecule has 0 fully saturated rings. The van der Waals surface area contributed by atoms with Crippen LogP contribution in [0.25, 0.3) is 0 Å². The van der Waals surface area contributed by atoms with E-state index in [-0.39, 0.29) is 39.9 Å². The molecule has 0 heterocycles. The largest absolute Gasteiger partial charge is 4.00 e. The van der Waals surface area contributed by atoms with Gasteiger partial charge in [0, 0.05) is 23.1 Å². The topological polar surface area (TPSA) is 137 Å². The Balaban J connectivity index is -0.000000298. The molecule has 0 aliphatic rings. The first-order valence-corrected chi connectivity index (χ1v) is 19.2. The molecule has 0 spiro atoms. The second kappa shape index (κ2) is 25.3. The van der Waals surface area contributed by atoms with E-state index >= 15 is 0 Å². The average molecular weight is 1410 g/mol. The van der Waals surface area contributed by atoms with Gasteiger partial charge in [0.05, 0.1) is 23.1 Å². The first kappa shape index (κ1) is 82.0. The number of hydrogen-bond acceptors (Lipinski definition) is 8. The molecule has 448 valence electrons. The van der Waals surface area contributed by atoms with Crippen molar-refractivity contribution in [2.75, 3.05) is 0 Å². The molecule has 77 heavy (non-hydrogen) atoms. The van der Waals surface area contributed by atoms with E-state index in [1.807, 2.05) is 0 Å². The quantitative estimate of drug-likeness (QED) is 0.0846. The summed E-state index contributed by atoms with van der Waals surface area (Å²) >= 11 is 0. The Hall–Kier alpha value is -3.80. The summed E-state index contributed by atoms with van der Waals surface area (Å²) in [6.45, 7) is 14.2. The number of halogens is 28. The fourth-order valence-electron chi connectivity index (χ4n) is 3.04. The number of ketones is 8. The fraction of sp³-hybridized carbons (Fsp3) is 0.700. The zero-order chi connectivity index (χ0) is 63.4. The SMILES string of the molecule is CC(C)(C)C(=O)[CH-]C(=O)C(F)(F)C(F)(F)C(F)(F)F.CC(C)(C)C(=O)[CH-]C(=O)C(F)(F)C(F)(F)C(F)(F)F.CC(C)(C)C(=O)[CH-]C(=O)C(F)(F)C(F)(F)C(F)(F)F.CC(C)(C)C(=O)[CH-]C(=O)C(F)(F)C(F)(F)C(F)(F)F.[Th+4]. The van der Waals surface area contributed by atoms with Crippen LogP contribution in [0.1, 0.15) is 83.1 Å². The Morgan fingerprint density at radius 3 is 0.364 bits per heavy atom. The molecule has 0 atom stereocenters. The minimum absolute atomic E-state index is 0. The predicted molar refractivity (Wildman–Crippen MR) is 199 cm³/mol. The molecular weight excluding hydrogens is 1370 g/mol. The van der Waals surface area contributed by atoms with Crippen molar-refractivity contribution >= 4 is 46.3 Å². The molecule has 0 N–H and O–H groups in total. The maximum Gasteiger partial charge on any atom is 4.00 e. The van der Waals surface area contributed by atoms with Gasteiger partial charge in [-0.1, -0.05) is 83.1 Å². The Kier molecular flexibility index (Phi) is 27.0. The van der Waals surface area contributed by atoms with Gasteiger partial charge in [-0.05, 0) is 21.7 Å². The van der Waals surface area contributed by atoms with Crippen LogP contribution in [0.2, 0.25) is 0 Å². The Bertz CT molecular complexity index is 1810. The molecule has 0 saturated carbocycles. The van der Waals surface area contributed by atoms with Crippen LogP contribution < -0.4 is 0 Å². The van der Waals surface area contributed by atoms with E-state index in [0.717, 1.165) is 0 Å². The minimum Gasteiger partial charge on any atom is -0.333 e. The van der Waals surface area contributed by atoms with Gasteiger partial charge in [-0.3, -0.25) is 25.7 Å². The Labute approximate surface area is 448 Å². The molecule has 0 unspecified atom stereocenters. The maximum absolute atomic E-state index is 12.8. The van der Waals surface area contributed by atoms with Crippen LogP contribution in [0.3, 0.4) is 0 Å². The van der Waals surface area contributed by atoms with Crippen molar-refractivity contribution in [1.82, 2.24) is 0 Å². The number of Topliss-reactive ketones (excluding diaryl/α,β-unsaturated/α-hetero) is 8. The maximum atomic E-state index is 12.8. The first-order chi connectivity index (χ1) is 32.2. The van der Waals surface area contributed by atoms with E-state index in [4.69, 9.17) is 0 Å². The van der Waals surface area contributed by atoms with Gasteiger partial charge < -0.3 is 38.4 Å². The van der Waals surface area contributed by atoms with Crippen LogP contribution in [-0.4, -0.2) is 118 Å². The molecule has 0 aromatic carbocycles. The fourth-order valence-corrected chi connectivity index (χ4v) is 3.04. The van der Waals surface area contributed by atoms with Gasteiger partial charge in [0.2, 0.25) is 0 Å². The number of alkyl halides is 28. The summed E-state index contributed by atoms with van der Waals surface area (Å²) < 4.78 is 344. The second-order valence-electron chi connectivity index (χ2n) is 19.1. The van der Waals surface area contributed by atoms with Gasteiger partial charge in [-0.2, -0.15) is 123 Å². The van der Waals surface area contributed by atoms with E-state index < -0.39 is 166 Å². The normalized spacial score (nSPS) is 14.0. The molecule has 0 aliphatic heterocycles. The minimum atomic E-state index is -6.61. The Morgan fingerprint density at radius 1 is 0.208 bits per heavy atom. The molecule has 0 rings (SSSR count). The van der Waals surface area contributed by atoms with E-state index in [2.05, 4.69) is 0 Å². The van der Waals surface area contributed by atoms with Crippen LogP contribution in [0, 0.1) is 87.3 Å². The molecule has 0 amide bonds. The molecule has 0 aromatic rings. The van der Waals surface area contributed by atoms with Gasteiger partial charge in [-0.15, -0.1) is 0 Å². The van der Waals surface area contributed by atoms with Crippen molar-refractivity contribution in [3.63, 3.8) is 0 Å². The van der Waals surface area contributed by atoms with Crippen LogP contribution >= 0.6 is 0 Å². The third-order valence-electron chi connectivity index (χ3n) is 8.24. The average Bonchev–Trinajstić information content (AvgIpc) is 3.14. The van der Waals surface area contributed by atoms with Crippen molar-refractivity contribution in [2.45, 2.75) is 155 Å². The van der Waals surface area contributed by atoms with Crippen molar-refractivity contribution in [2.24, 2.45) is 21.7 Å². The molecule has 8 nitrogen and oxygen atoms in total. The van der Waals surface area contributed by atoms with E-state index in [0.29, 0.717) is 0 Å². The third kappa shape index (κ3) is 20.4. The van der Waals surface area contributed by atoms with Gasteiger partial charge in [-0.25, -0.2) is 0 Å². The van der Waals surface area contributed by atoms with E-state index in [9.17, 15) is 161 Å². The van der Waals surface area contributed by atoms with Gasteiger partial charge in [0.15, 0.2) is 0 Å². The van der Waals surface area contributed by atoms with Crippen LogP contribution in [-0.2, 0) is 38.4 Å². The molecule has 0 bridgehead atoms. The predicted octanol–water partition coefficient (Wildman–Crippen LogP) is 12.8. The van der Waals surface area contributed by atoms with Crippen LogP contribution in [0.15, 0.2) is 0 Å². The van der Waals surface area contributed by atoms with E-state index in [1.54, 1.807) is 0 Å².